The lowest BCUT2D eigenvalue weighted by Gasteiger charge is -2.12. The monoisotopic (exact) mass is 233 g/mol. The number of hydrogen-bond donors (Lipinski definition) is 1. The number of carbonyl (C=O) groups is 2. The van der Waals surface area contributed by atoms with Gasteiger partial charge in [0.2, 0.25) is 0 Å². The minimum atomic E-state index is -0.747. The lowest BCUT2D eigenvalue weighted by Crippen LogP contribution is -2.37. The predicted molar refractivity (Wildman–Crippen MR) is 62.5 cm³/mol. The van der Waals surface area contributed by atoms with Gasteiger partial charge in [-0.25, -0.2) is 4.79 Å². The van der Waals surface area contributed by atoms with E-state index in [1.807, 2.05) is 6.07 Å². The van der Waals surface area contributed by atoms with E-state index in [0.29, 0.717) is 5.56 Å². The molecular weight excluding hydrogens is 218 g/mol. The van der Waals surface area contributed by atoms with Crippen LogP contribution in [0.25, 0.3) is 0 Å². The molecule has 1 aromatic carbocycles. The third-order valence-corrected chi connectivity index (χ3v) is 2.59. The summed E-state index contributed by atoms with van der Waals surface area (Å²) in [6.07, 6.45) is 1.29. The second kappa shape index (κ2) is 4.99. The van der Waals surface area contributed by atoms with Crippen molar-refractivity contribution in [3.8, 4) is 0 Å². The standard InChI is InChI=1S/C13H15NO3/c1-9(12(15)14-11-7-8-11)17-13(16)10-5-3-2-4-6-10/h2-6,9,11H,7-8H2,1H3,(H,14,15)/t9-/m1/s1. The second-order valence-corrected chi connectivity index (χ2v) is 4.20. The van der Waals surface area contributed by atoms with Gasteiger partial charge in [-0.2, -0.15) is 0 Å². The minimum absolute atomic E-state index is 0.225. The van der Waals surface area contributed by atoms with E-state index in [2.05, 4.69) is 5.32 Å². The normalized spacial score (nSPS) is 16.1. The molecule has 0 radical (unpaired) electrons. The van der Waals surface area contributed by atoms with Gasteiger partial charge in [-0.3, -0.25) is 4.79 Å². The van der Waals surface area contributed by atoms with Gasteiger partial charge >= 0.3 is 5.97 Å². The molecule has 0 aliphatic heterocycles. The largest absolute Gasteiger partial charge is 0.449 e. The fourth-order valence-corrected chi connectivity index (χ4v) is 1.40. The molecule has 0 saturated heterocycles. The van der Waals surface area contributed by atoms with E-state index in [1.54, 1.807) is 31.2 Å². The van der Waals surface area contributed by atoms with Crippen molar-refractivity contribution in [3.05, 3.63) is 35.9 Å². The first-order valence-electron chi connectivity index (χ1n) is 5.73. The van der Waals surface area contributed by atoms with Crippen LogP contribution in [0, 0.1) is 0 Å². The molecule has 0 bridgehead atoms. The van der Waals surface area contributed by atoms with E-state index >= 15 is 0 Å². The zero-order valence-electron chi connectivity index (χ0n) is 9.68. The first-order chi connectivity index (χ1) is 8.16. The van der Waals surface area contributed by atoms with Crippen LogP contribution in [0.2, 0.25) is 0 Å². The van der Waals surface area contributed by atoms with E-state index < -0.39 is 12.1 Å². The van der Waals surface area contributed by atoms with Gasteiger partial charge < -0.3 is 10.1 Å². The Bertz CT molecular complexity index is 412. The number of benzene rings is 1. The van der Waals surface area contributed by atoms with Crippen molar-refractivity contribution in [2.75, 3.05) is 0 Å². The molecule has 1 aliphatic rings. The van der Waals surface area contributed by atoms with Crippen molar-refractivity contribution >= 4 is 11.9 Å². The summed E-state index contributed by atoms with van der Waals surface area (Å²) in [6.45, 7) is 1.58. The summed E-state index contributed by atoms with van der Waals surface area (Å²) in [6, 6.07) is 8.93. The Labute approximate surface area is 100.0 Å². The molecule has 1 fully saturated rings. The van der Waals surface area contributed by atoms with Crippen LogP contribution in [0.4, 0.5) is 0 Å². The highest BCUT2D eigenvalue weighted by Gasteiger charge is 2.27. The topological polar surface area (TPSA) is 55.4 Å². The average Bonchev–Trinajstić information content (AvgIpc) is 3.14. The van der Waals surface area contributed by atoms with E-state index in [0.717, 1.165) is 12.8 Å². The van der Waals surface area contributed by atoms with Crippen molar-refractivity contribution < 1.29 is 14.3 Å². The van der Waals surface area contributed by atoms with Crippen LogP contribution >= 0.6 is 0 Å². The molecule has 4 nitrogen and oxygen atoms in total. The molecule has 1 saturated carbocycles. The maximum Gasteiger partial charge on any atom is 0.338 e. The first kappa shape index (κ1) is 11.6. The van der Waals surface area contributed by atoms with Crippen molar-refractivity contribution in [1.82, 2.24) is 5.32 Å². The molecule has 17 heavy (non-hydrogen) atoms. The van der Waals surface area contributed by atoms with E-state index in [4.69, 9.17) is 4.74 Å². The number of esters is 1. The van der Waals surface area contributed by atoms with Crippen LogP contribution in [0.5, 0.6) is 0 Å². The number of hydrogen-bond acceptors (Lipinski definition) is 3. The van der Waals surface area contributed by atoms with Crippen LogP contribution in [0.15, 0.2) is 30.3 Å². The predicted octanol–water partition coefficient (Wildman–Crippen LogP) is 1.51. The van der Waals surface area contributed by atoms with E-state index in [1.165, 1.54) is 0 Å². The molecule has 1 N–H and O–H groups in total. The average molecular weight is 233 g/mol. The van der Waals surface area contributed by atoms with Gasteiger partial charge in [-0.15, -0.1) is 0 Å². The number of carbonyl (C=O) groups excluding carboxylic acids is 2. The highest BCUT2D eigenvalue weighted by molar-refractivity contribution is 5.92. The van der Waals surface area contributed by atoms with Gasteiger partial charge in [0.25, 0.3) is 5.91 Å². The van der Waals surface area contributed by atoms with Crippen LogP contribution in [0.1, 0.15) is 30.1 Å². The Kier molecular flexibility index (Phi) is 3.42. The van der Waals surface area contributed by atoms with Crippen LogP contribution < -0.4 is 5.32 Å². The number of rotatable bonds is 4. The molecule has 0 spiro atoms. The van der Waals surface area contributed by atoms with Crippen LogP contribution in [0.3, 0.4) is 0 Å². The molecule has 90 valence electrons. The summed E-state index contributed by atoms with van der Waals surface area (Å²) in [5.41, 5.74) is 0.457. The Morgan fingerprint density at radius 1 is 1.29 bits per heavy atom. The Morgan fingerprint density at radius 3 is 2.53 bits per heavy atom. The molecule has 0 unspecified atom stereocenters. The smallest absolute Gasteiger partial charge is 0.338 e. The Hall–Kier alpha value is -1.84. The number of ether oxygens (including phenoxy) is 1. The Balaban J connectivity index is 1.87. The van der Waals surface area contributed by atoms with Crippen molar-refractivity contribution in [3.63, 3.8) is 0 Å². The zero-order valence-corrected chi connectivity index (χ0v) is 9.68. The third-order valence-electron chi connectivity index (χ3n) is 2.59. The Morgan fingerprint density at radius 2 is 1.94 bits per heavy atom. The van der Waals surface area contributed by atoms with Crippen LogP contribution in [-0.2, 0) is 9.53 Å². The van der Waals surface area contributed by atoms with Crippen molar-refractivity contribution in [2.45, 2.75) is 31.9 Å². The second-order valence-electron chi connectivity index (χ2n) is 4.20. The maximum absolute atomic E-state index is 11.7. The number of nitrogens with one attached hydrogen (secondary N) is 1. The SMILES string of the molecule is C[C@@H](OC(=O)c1ccccc1)C(=O)NC1CC1. The molecule has 2 rings (SSSR count). The highest BCUT2D eigenvalue weighted by atomic mass is 16.5. The van der Waals surface area contributed by atoms with Crippen molar-refractivity contribution in [2.24, 2.45) is 0 Å². The molecule has 1 atom stereocenters. The summed E-state index contributed by atoms with van der Waals surface area (Å²) >= 11 is 0. The van der Waals surface area contributed by atoms with Gasteiger partial charge in [0, 0.05) is 6.04 Å². The fourth-order valence-electron chi connectivity index (χ4n) is 1.40. The third kappa shape index (κ3) is 3.31. The van der Waals surface area contributed by atoms with Gasteiger partial charge in [0.1, 0.15) is 0 Å². The molecule has 1 aliphatic carbocycles. The van der Waals surface area contributed by atoms with E-state index in [-0.39, 0.29) is 11.9 Å². The maximum atomic E-state index is 11.7. The molecule has 1 aromatic rings. The van der Waals surface area contributed by atoms with Gasteiger partial charge in [-0.1, -0.05) is 18.2 Å². The first-order valence-corrected chi connectivity index (χ1v) is 5.73. The summed E-state index contributed by atoms with van der Waals surface area (Å²) in [7, 11) is 0. The quantitative estimate of drug-likeness (QED) is 0.802. The summed E-state index contributed by atoms with van der Waals surface area (Å²) < 4.78 is 5.08. The van der Waals surface area contributed by atoms with Crippen LogP contribution in [-0.4, -0.2) is 24.0 Å². The fraction of sp³-hybridized carbons (Fsp3) is 0.385. The van der Waals surface area contributed by atoms with Gasteiger partial charge in [0.05, 0.1) is 5.56 Å². The zero-order chi connectivity index (χ0) is 12.3. The van der Waals surface area contributed by atoms with Gasteiger partial charge in [-0.05, 0) is 31.9 Å². The highest BCUT2D eigenvalue weighted by Crippen LogP contribution is 2.18. The summed E-state index contributed by atoms with van der Waals surface area (Å²) in [5, 5.41) is 2.79. The molecule has 0 aromatic heterocycles. The molecule has 4 heteroatoms. The minimum Gasteiger partial charge on any atom is -0.449 e. The van der Waals surface area contributed by atoms with Crippen molar-refractivity contribution in [1.29, 1.82) is 0 Å². The molecule has 1 amide bonds. The lowest BCUT2D eigenvalue weighted by atomic mass is 10.2. The summed E-state index contributed by atoms with van der Waals surface area (Å²) in [4.78, 5) is 23.2. The lowest BCUT2D eigenvalue weighted by molar-refractivity contribution is -0.129. The molecular formula is C13H15NO3. The summed E-state index contributed by atoms with van der Waals surface area (Å²) in [5.74, 6) is -0.694. The molecule has 0 heterocycles. The number of amides is 1. The van der Waals surface area contributed by atoms with Gasteiger partial charge in [0.15, 0.2) is 6.10 Å². The van der Waals surface area contributed by atoms with E-state index in [9.17, 15) is 9.59 Å².